The summed E-state index contributed by atoms with van der Waals surface area (Å²) in [7, 11) is 0. The van der Waals surface area contributed by atoms with Gasteiger partial charge in [-0.15, -0.1) is 0 Å². The van der Waals surface area contributed by atoms with Crippen molar-refractivity contribution in [3.05, 3.63) is 58.9 Å². The summed E-state index contributed by atoms with van der Waals surface area (Å²) in [5.41, 5.74) is 0.889. The van der Waals surface area contributed by atoms with Crippen molar-refractivity contribution in [2.45, 2.75) is 6.92 Å². The maximum absolute atomic E-state index is 13.0. The van der Waals surface area contributed by atoms with Crippen molar-refractivity contribution in [1.82, 2.24) is 0 Å². The maximum Gasteiger partial charge on any atom is 0.255 e. The maximum atomic E-state index is 13.0. The van der Waals surface area contributed by atoms with Crippen LogP contribution in [0.3, 0.4) is 0 Å². The number of rotatable bonds is 4. The highest BCUT2D eigenvalue weighted by Gasteiger charge is 2.08. The molecule has 0 bridgehead atoms. The summed E-state index contributed by atoms with van der Waals surface area (Å²) in [6, 6.07) is 10.8. The second-order valence-electron chi connectivity index (χ2n) is 4.04. The van der Waals surface area contributed by atoms with Crippen molar-refractivity contribution >= 4 is 23.2 Å². The van der Waals surface area contributed by atoms with Crippen molar-refractivity contribution in [2.24, 2.45) is 0 Å². The van der Waals surface area contributed by atoms with Gasteiger partial charge in [-0.3, -0.25) is 4.79 Å². The number of benzene rings is 2. The van der Waals surface area contributed by atoms with Crippen LogP contribution < -0.4 is 10.1 Å². The number of nitrogens with one attached hydrogen (secondary N) is 1. The zero-order valence-corrected chi connectivity index (χ0v) is 11.6. The van der Waals surface area contributed by atoms with Crippen molar-refractivity contribution in [2.75, 3.05) is 11.9 Å². The van der Waals surface area contributed by atoms with E-state index in [-0.39, 0.29) is 10.9 Å². The summed E-state index contributed by atoms with van der Waals surface area (Å²) in [5.74, 6) is -0.213. The van der Waals surface area contributed by atoms with E-state index in [1.807, 2.05) is 6.92 Å². The third kappa shape index (κ3) is 3.48. The summed E-state index contributed by atoms with van der Waals surface area (Å²) in [6.07, 6.45) is 0. The molecule has 0 aliphatic rings. The lowest BCUT2D eigenvalue weighted by molar-refractivity contribution is 0.102. The smallest absolute Gasteiger partial charge is 0.255 e. The van der Waals surface area contributed by atoms with Gasteiger partial charge in [-0.25, -0.2) is 4.39 Å². The molecule has 20 heavy (non-hydrogen) atoms. The molecule has 0 aliphatic heterocycles. The third-order valence-electron chi connectivity index (χ3n) is 2.58. The van der Waals surface area contributed by atoms with Crippen LogP contribution in [-0.4, -0.2) is 12.5 Å². The quantitative estimate of drug-likeness (QED) is 0.920. The van der Waals surface area contributed by atoms with E-state index in [4.69, 9.17) is 16.3 Å². The molecular formula is C15H13ClFNO2. The lowest BCUT2D eigenvalue weighted by atomic mass is 10.2. The lowest BCUT2D eigenvalue weighted by Crippen LogP contribution is -2.12. The molecule has 5 heteroatoms. The van der Waals surface area contributed by atoms with Crippen LogP contribution in [0.1, 0.15) is 17.3 Å². The van der Waals surface area contributed by atoms with E-state index in [2.05, 4.69) is 5.32 Å². The van der Waals surface area contributed by atoms with Crippen LogP contribution in [-0.2, 0) is 0 Å². The normalized spacial score (nSPS) is 10.2. The summed E-state index contributed by atoms with van der Waals surface area (Å²) < 4.78 is 18.4. The minimum atomic E-state index is -0.525. The monoisotopic (exact) mass is 293 g/mol. The average molecular weight is 294 g/mol. The first-order valence-corrected chi connectivity index (χ1v) is 6.47. The van der Waals surface area contributed by atoms with Gasteiger partial charge in [0, 0.05) is 11.3 Å². The van der Waals surface area contributed by atoms with Gasteiger partial charge in [-0.2, -0.15) is 0 Å². The molecule has 2 aromatic carbocycles. The Bertz CT molecular complexity index is 631. The minimum absolute atomic E-state index is 0.0362. The predicted molar refractivity (Wildman–Crippen MR) is 77.0 cm³/mol. The van der Waals surface area contributed by atoms with Crippen molar-refractivity contribution in [1.29, 1.82) is 0 Å². The molecule has 0 saturated heterocycles. The number of amides is 1. The highest BCUT2D eigenvalue weighted by molar-refractivity contribution is 6.31. The van der Waals surface area contributed by atoms with Crippen LogP contribution in [0.25, 0.3) is 0 Å². The van der Waals surface area contributed by atoms with Gasteiger partial charge in [0.2, 0.25) is 0 Å². The van der Waals surface area contributed by atoms with Crippen LogP contribution in [0.15, 0.2) is 42.5 Å². The van der Waals surface area contributed by atoms with Gasteiger partial charge in [0.1, 0.15) is 11.6 Å². The Morgan fingerprint density at radius 2 is 2.10 bits per heavy atom. The Kier molecular flexibility index (Phi) is 4.58. The van der Waals surface area contributed by atoms with E-state index in [1.54, 1.807) is 24.3 Å². The highest BCUT2D eigenvalue weighted by Crippen LogP contribution is 2.20. The van der Waals surface area contributed by atoms with E-state index >= 15 is 0 Å². The van der Waals surface area contributed by atoms with E-state index in [1.165, 1.54) is 18.2 Å². The topological polar surface area (TPSA) is 38.3 Å². The number of anilines is 1. The van der Waals surface area contributed by atoms with Gasteiger partial charge in [-0.1, -0.05) is 17.7 Å². The van der Waals surface area contributed by atoms with Gasteiger partial charge < -0.3 is 10.1 Å². The van der Waals surface area contributed by atoms with Crippen molar-refractivity contribution in [3.63, 3.8) is 0 Å². The number of halogens is 2. The molecule has 3 nitrogen and oxygen atoms in total. The van der Waals surface area contributed by atoms with Crippen molar-refractivity contribution in [3.8, 4) is 5.75 Å². The largest absolute Gasteiger partial charge is 0.494 e. The molecule has 1 amide bonds. The van der Waals surface area contributed by atoms with E-state index in [0.717, 1.165) is 0 Å². The summed E-state index contributed by atoms with van der Waals surface area (Å²) >= 11 is 5.66. The van der Waals surface area contributed by atoms with E-state index in [0.29, 0.717) is 23.6 Å². The van der Waals surface area contributed by atoms with Crippen LogP contribution in [0, 0.1) is 5.82 Å². The number of hydrogen-bond donors (Lipinski definition) is 1. The second kappa shape index (κ2) is 6.39. The molecule has 104 valence electrons. The van der Waals surface area contributed by atoms with Gasteiger partial charge in [0.25, 0.3) is 5.91 Å². The van der Waals surface area contributed by atoms with Gasteiger partial charge in [-0.05, 0) is 43.3 Å². The van der Waals surface area contributed by atoms with Gasteiger partial charge >= 0.3 is 0 Å². The molecule has 0 spiro atoms. The Balaban J connectivity index is 2.15. The number of ether oxygens (including phenoxy) is 1. The second-order valence-corrected chi connectivity index (χ2v) is 4.45. The van der Waals surface area contributed by atoms with Crippen LogP contribution in [0.5, 0.6) is 5.75 Å². The molecule has 0 unspecified atom stereocenters. The Morgan fingerprint density at radius 1 is 1.30 bits per heavy atom. The summed E-state index contributed by atoms with van der Waals surface area (Å²) in [4.78, 5) is 12.1. The molecule has 2 rings (SSSR count). The number of carbonyl (C=O) groups excluding carboxylic acids is 1. The van der Waals surface area contributed by atoms with Crippen LogP contribution in [0.4, 0.5) is 10.1 Å². The number of carbonyl (C=O) groups is 1. The van der Waals surface area contributed by atoms with Gasteiger partial charge in [0.15, 0.2) is 0 Å². The first-order valence-electron chi connectivity index (χ1n) is 6.09. The zero-order valence-electron chi connectivity index (χ0n) is 10.8. The fraction of sp³-hybridized carbons (Fsp3) is 0.133. The third-order valence-corrected chi connectivity index (χ3v) is 2.87. The minimum Gasteiger partial charge on any atom is -0.494 e. The molecule has 0 heterocycles. The molecule has 0 saturated carbocycles. The molecule has 1 N–H and O–H groups in total. The molecule has 0 radical (unpaired) electrons. The zero-order chi connectivity index (χ0) is 14.5. The van der Waals surface area contributed by atoms with Crippen molar-refractivity contribution < 1.29 is 13.9 Å². The Morgan fingerprint density at radius 3 is 2.80 bits per heavy atom. The Hall–Kier alpha value is -2.07. The lowest BCUT2D eigenvalue weighted by Gasteiger charge is -2.08. The molecule has 0 fully saturated rings. The number of hydrogen-bond acceptors (Lipinski definition) is 2. The molecule has 0 aliphatic carbocycles. The summed E-state index contributed by atoms with van der Waals surface area (Å²) in [5, 5.41) is 2.61. The first kappa shape index (κ1) is 14.3. The molecule has 0 aromatic heterocycles. The van der Waals surface area contributed by atoms with Crippen LogP contribution in [0.2, 0.25) is 5.02 Å². The van der Waals surface area contributed by atoms with E-state index < -0.39 is 5.82 Å². The fourth-order valence-corrected chi connectivity index (χ4v) is 1.85. The SMILES string of the molecule is CCOc1cccc(C(=O)Nc2ccc(F)c(Cl)c2)c1. The summed E-state index contributed by atoms with van der Waals surface area (Å²) in [6.45, 7) is 2.39. The fourth-order valence-electron chi connectivity index (χ4n) is 1.67. The first-order chi connectivity index (χ1) is 9.60. The molecule has 2 aromatic rings. The molecular weight excluding hydrogens is 281 g/mol. The average Bonchev–Trinajstić information content (AvgIpc) is 2.43. The standard InChI is InChI=1S/C15H13ClFNO2/c1-2-20-12-5-3-4-10(8-12)15(19)18-11-6-7-14(17)13(16)9-11/h3-9H,2H2,1H3,(H,18,19). The van der Waals surface area contributed by atoms with Gasteiger partial charge in [0.05, 0.1) is 11.6 Å². The predicted octanol–water partition coefficient (Wildman–Crippen LogP) is 4.13. The Labute approximate surface area is 121 Å². The molecule has 0 atom stereocenters. The van der Waals surface area contributed by atoms with E-state index in [9.17, 15) is 9.18 Å². The highest BCUT2D eigenvalue weighted by atomic mass is 35.5. The van der Waals surface area contributed by atoms with Crippen LogP contribution >= 0.6 is 11.6 Å².